The van der Waals surface area contributed by atoms with Gasteiger partial charge < -0.3 is 9.47 Å². The summed E-state index contributed by atoms with van der Waals surface area (Å²) in [7, 11) is 0. The first-order chi connectivity index (χ1) is 11.6. The Morgan fingerprint density at radius 2 is 1.54 bits per heavy atom. The predicted molar refractivity (Wildman–Crippen MR) is 96.3 cm³/mol. The standard InChI is InChI=1S/C20H32O4/c1-5-9-11-13-15-17-20(18(21)23-7-3,19(22)24-8-4)16-14-12-10-6-2/h10,12H,5-8,13-17H2,1-4H3. The molecule has 0 aliphatic heterocycles. The monoisotopic (exact) mass is 336 g/mol. The van der Waals surface area contributed by atoms with Gasteiger partial charge in [0.2, 0.25) is 0 Å². The van der Waals surface area contributed by atoms with E-state index in [2.05, 4.69) is 11.8 Å². The van der Waals surface area contributed by atoms with E-state index in [-0.39, 0.29) is 13.2 Å². The second-order valence-corrected chi connectivity index (χ2v) is 5.50. The molecule has 0 unspecified atom stereocenters. The Hall–Kier alpha value is -1.76. The van der Waals surface area contributed by atoms with Gasteiger partial charge >= 0.3 is 11.9 Å². The van der Waals surface area contributed by atoms with Crippen molar-refractivity contribution in [3.8, 4) is 11.8 Å². The molecule has 0 aliphatic rings. The number of allylic oxidation sites excluding steroid dienone is 2. The van der Waals surface area contributed by atoms with Crippen LogP contribution in [0.15, 0.2) is 12.2 Å². The normalized spacial score (nSPS) is 11.0. The molecule has 0 rings (SSSR count). The van der Waals surface area contributed by atoms with Gasteiger partial charge in [-0.25, -0.2) is 0 Å². The predicted octanol–water partition coefficient (Wildman–Crippen LogP) is 4.43. The zero-order chi connectivity index (χ0) is 18.3. The van der Waals surface area contributed by atoms with E-state index in [0.29, 0.717) is 32.1 Å². The fourth-order valence-corrected chi connectivity index (χ4v) is 2.46. The molecule has 0 saturated heterocycles. The van der Waals surface area contributed by atoms with Gasteiger partial charge in [0.05, 0.1) is 13.2 Å². The summed E-state index contributed by atoms with van der Waals surface area (Å²) >= 11 is 0. The minimum atomic E-state index is -1.22. The van der Waals surface area contributed by atoms with Crippen molar-refractivity contribution in [2.45, 2.75) is 72.6 Å². The molecule has 0 saturated carbocycles. The van der Waals surface area contributed by atoms with Gasteiger partial charge in [0, 0.05) is 12.8 Å². The van der Waals surface area contributed by atoms with Crippen LogP contribution in [-0.2, 0) is 19.1 Å². The number of esters is 2. The molecule has 0 atom stereocenters. The summed E-state index contributed by atoms with van der Waals surface area (Å²) in [6.45, 7) is 8.04. The fourth-order valence-electron chi connectivity index (χ4n) is 2.46. The zero-order valence-corrected chi connectivity index (χ0v) is 15.7. The van der Waals surface area contributed by atoms with Crippen molar-refractivity contribution in [2.24, 2.45) is 5.41 Å². The molecule has 4 heteroatoms. The molecular weight excluding hydrogens is 304 g/mol. The van der Waals surface area contributed by atoms with Crippen LogP contribution in [0, 0.1) is 17.3 Å². The number of unbranched alkanes of at least 4 members (excludes halogenated alkanes) is 1. The first-order valence-corrected chi connectivity index (χ1v) is 9.04. The highest BCUT2D eigenvalue weighted by molar-refractivity contribution is 6.00. The van der Waals surface area contributed by atoms with E-state index in [1.54, 1.807) is 13.8 Å². The molecule has 0 bridgehead atoms. The van der Waals surface area contributed by atoms with Gasteiger partial charge in [-0.1, -0.05) is 26.0 Å². The van der Waals surface area contributed by atoms with Crippen LogP contribution in [-0.4, -0.2) is 25.2 Å². The molecule has 0 aromatic rings. The van der Waals surface area contributed by atoms with E-state index in [0.717, 1.165) is 12.8 Å². The Bertz CT molecular complexity index is 436. The van der Waals surface area contributed by atoms with Crippen LogP contribution in [0.25, 0.3) is 0 Å². The molecule has 4 nitrogen and oxygen atoms in total. The lowest BCUT2D eigenvalue weighted by Crippen LogP contribution is -2.42. The van der Waals surface area contributed by atoms with Crippen molar-refractivity contribution in [2.75, 3.05) is 13.2 Å². The third-order valence-electron chi connectivity index (χ3n) is 3.68. The Morgan fingerprint density at radius 3 is 2.04 bits per heavy atom. The molecule has 0 radical (unpaired) electrons. The summed E-state index contributed by atoms with van der Waals surface area (Å²) in [6.07, 6.45) is 8.57. The highest BCUT2D eigenvalue weighted by atomic mass is 16.6. The Balaban J connectivity index is 5.27. The van der Waals surface area contributed by atoms with Crippen LogP contribution in [0.1, 0.15) is 72.6 Å². The lowest BCUT2D eigenvalue weighted by molar-refractivity contribution is -0.173. The molecular formula is C20H32O4. The SMILES string of the molecule is CCC#CCCCC(CCC=CCC)(C(=O)OCC)C(=O)OCC. The van der Waals surface area contributed by atoms with Gasteiger partial charge in [0.15, 0.2) is 5.41 Å². The molecule has 0 aromatic heterocycles. The first kappa shape index (κ1) is 22.2. The van der Waals surface area contributed by atoms with Crippen LogP contribution < -0.4 is 0 Å². The number of carbonyl (C=O) groups is 2. The average molecular weight is 336 g/mol. The second-order valence-electron chi connectivity index (χ2n) is 5.50. The molecule has 0 fully saturated rings. The molecule has 0 N–H and O–H groups in total. The molecule has 0 aliphatic carbocycles. The van der Waals surface area contributed by atoms with E-state index >= 15 is 0 Å². The van der Waals surface area contributed by atoms with Crippen molar-refractivity contribution >= 4 is 11.9 Å². The van der Waals surface area contributed by atoms with Crippen LogP contribution in [0.5, 0.6) is 0 Å². The summed E-state index contributed by atoms with van der Waals surface area (Å²) in [5.41, 5.74) is -1.22. The Labute approximate surface area is 147 Å². The molecule has 0 amide bonds. The molecule has 136 valence electrons. The van der Waals surface area contributed by atoms with Crippen molar-refractivity contribution < 1.29 is 19.1 Å². The summed E-state index contributed by atoms with van der Waals surface area (Å²) < 4.78 is 10.4. The van der Waals surface area contributed by atoms with E-state index in [1.165, 1.54) is 0 Å². The lowest BCUT2D eigenvalue weighted by atomic mass is 9.78. The topological polar surface area (TPSA) is 52.6 Å². The van der Waals surface area contributed by atoms with E-state index in [4.69, 9.17) is 9.47 Å². The maximum atomic E-state index is 12.6. The third-order valence-corrected chi connectivity index (χ3v) is 3.68. The summed E-state index contributed by atoms with van der Waals surface area (Å²) in [5, 5.41) is 0. The van der Waals surface area contributed by atoms with Crippen LogP contribution in [0.4, 0.5) is 0 Å². The van der Waals surface area contributed by atoms with Gasteiger partial charge in [-0.2, -0.15) is 0 Å². The van der Waals surface area contributed by atoms with Gasteiger partial charge in [0.25, 0.3) is 0 Å². The van der Waals surface area contributed by atoms with Crippen molar-refractivity contribution in [3.63, 3.8) is 0 Å². The van der Waals surface area contributed by atoms with E-state index in [9.17, 15) is 9.59 Å². The van der Waals surface area contributed by atoms with Crippen molar-refractivity contribution in [1.82, 2.24) is 0 Å². The Kier molecular flexibility index (Phi) is 12.7. The van der Waals surface area contributed by atoms with Crippen molar-refractivity contribution in [1.29, 1.82) is 0 Å². The Morgan fingerprint density at radius 1 is 0.917 bits per heavy atom. The second kappa shape index (κ2) is 13.7. The lowest BCUT2D eigenvalue weighted by Gasteiger charge is -2.28. The molecule has 24 heavy (non-hydrogen) atoms. The van der Waals surface area contributed by atoms with Crippen LogP contribution in [0.3, 0.4) is 0 Å². The summed E-state index contributed by atoms with van der Waals surface area (Å²) in [5.74, 6) is 5.12. The van der Waals surface area contributed by atoms with Crippen molar-refractivity contribution in [3.05, 3.63) is 12.2 Å². The van der Waals surface area contributed by atoms with Gasteiger partial charge in [-0.15, -0.1) is 11.8 Å². The van der Waals surface area contributed by atoms with Gasteiger partial charge in [0.1, 0.15) is 0 Å². The number of hydrogen-bond acceptors (Lipinski definition) is 4. The average Bonchev–Trinajstić information content (AvgIpc) is 2.57. The van der Waals surface area contributed by atoms with E-state index < -0.39 is 17.4 Å². The quantitative estimate of drug-likeness (QED) is 0.184. The van der Waals surface area contributed by atoms with Gasteiger partial charge in [-0.3, -0.25) is 9.59 Å². The molecule has 0 spiro atoms. The minimum Gasteiger partial charge on any atom is -0.465 e. The number of ether oxygens (including phenoxy) is 2. The zero-order valence-electron chi connectivity index (χ0n) is 15.7. The first-order valence-electron chi connectivity index (χ1n) is 9.04. The van der Waals surface area contributed by atoms with E-state index in [1.807, 2.05) is 26.0 Å². The molecule has 0 heterocycles. The highest BCUT2D eigenvalue weighted by Crippen LogP contribution is 2.34. The maximum absolute atomic E-state index is 12.6. The van der Waals surface area contributed by atoms with Crippen LogP contribution >= 0.6 is 0 Å². The number of carbonyl (C=O) groups excluding carboxylic acids is 2. The third kappa shape index (κ3) is 7.68. The minimum absolute atomic E-state index is 0.250. The molecule has 0 aromatic carbocycles. The number of rotatable bonds is 11. The van der Waals surface area contributed by atoms with Gasteiger partial charge in [-0.05, 0) is 46.0 Å². The van der Waals surface area contributed by atoms with Crippen LogP contribution in [0.2, 0.25) is 0 Å². The largest absolute Gasteiger partial charge is 0.465 e. The number of hydrogen-bond donors (Lipinski definition) is 0. The summed E-state index contributed by atoms with van der Waals surface area (Å²) in [4.78, 5) is 25.2. The smallest absolute Gasteiger partial charge is 0.323 e. The maximum Gasteiger partial charge on any atom is 0.323 e. The summed E-state index contributed by atoms with van der Waals surface area (Å²) in [6, 6.07) is 0. The highest BCUT2D eigenvalue weighted by Gasteiger charge is 2.47. The fraction of sp³-hybridized carbons (Fsp3) is 0.700.